The van der Waals surface area contributed by atoms with Crippen LogP contribution in [0.5, 0.6) is 5.75 Å². The minimum absolute atomic E-state index is 0.0202. The second kappa shape index (κ2) is 18.9. The van der Waals surface area contributed by atoms with Gasteiger partial charge in [-0.1, -0.05) is 12.1 Å². The van der Waals surface area contributed by atoms with Crippen molar-refractivity contribution in [3.05, 3.63) is 64.7 Å². The number of esters is 1. The van der Waals surface area contributed by atoms with Crippen LogP contribution in [0.4, 0.5) is 17.6 Å². The van der Waals surface area contributed by atoms with Crippen molar-refractivity contribution in [3.63, 3.8) is 0 Å². The van der Waals surface area contributed by atoms with Crippen LogP contribution >= 0.6 is 0 Å². The van der Waals surface area contributed by atoms with Crippen molar-refractivity contribution in [2.45, 2.75) is 25.3 Å². The summed E-state index contributed by atoms with van der Waals surface area (Å²) in [6, 6.07) is 5.06. The first kappa shape index (κ1) is 39.8. The van der Waals surface area contributed by atoms with Crippen LogP contribution in [0.15, 0.2) is 30.3 Å². The van der Waals surface area contributed by atoms with E-state index < -0.39 is 78.0 Å². The summed E-state index contributed by atoms with van der Waals surface area (Å²) in [4.78, 5) is 65.5. The van der Waals surface area contributed by atoms with Crippen molar-refractivity contribution in [3.8, 4) is 5.75 Å². The average molecular weight is 715 g/mol. The Balaban J connectivity index is 1.77. The fraction of sp³-hybridized carbons (Fsp3) is 0.469. The number of carbonyl (C=O) groups is 5. The number of halogens is 4. The first-order chi connectivity index (χ1) is 23.6. The number of ether oxygens (including phenoxy) is 1. The number of aliphatic carboxylic acids is 4. The fourth-order valence-corrected chi connectivity index (χ4v) is 5.58. The fourth-order valence-electron chi connectivity index (χ4n) is 5.58. The molecule has 0 aromatic heterocycles. The molecule has 1 fully saturated rings. The van der Waals surface area contributed by atoms with Crippen LogP contribution in [0.25, 0.3) is 0 Å². The molecule has 18 heteroatoms. The van der Waals surface area contributed by atoms with E-state index in [4.69, 9.17) is 0 Å². The van der Waals surface area contributed by atoms with E-state index in [9.17, 15) is 62.0 Å². The monoisotopic (exact) mass is 714 g/mol. The van der Waals surface area contributed by atoms with E-state index in [0.29, 0.717) is 24.8 Å². The molecule has 0 aliphatic carbocycles. The average Bonchev–Trinajstić information content (AvgIpc) is 3.03. The van der Waals surface area contributed by atoms with Crippen molar-refractivity contribution in [1.29, 1.82) is 0 Å². The molecular formula is C32H38F4N4O10. The molecule has 1 aliphatic rings. The minimum atomic E-state index is -1.87. The summed E-state index contributed by atoms with van der Waals surface area (Å²) >= 11 is 0. The highest BCUT2D eigenvalue weighted by molar-refractivity contribution is 5.91. The Bertz CT molecular complexity index is 1510. The Morgan fingerprint density at radius 1 is 0.660 bits per heavy atom. The SMILES string of the molecule is O=C(O)CN1CCN(CC(=O)O)CCN(CC(=O)O)C(CCCc2ccc(C(=O)Oc3c(F)c(F)cc(F)c3F)cc2)CN(CC(=O)O)CC1. The Labute approximate surface area is 284 Å². The molecule has 0 radical (unpaired) electrons. The Morgan fingerprint density at radius 2 is 1.12 bits per heavy atom. The van der Waals surface area contributed by atoms with Gasteiger partial charge in [0.05, 0.1) is 31.7 Å². The molecule has 2 aromatic carbocycles. The molecule has 0 bridgehead atoms. The largest absolute Gasteiger partial charge is 0.480 e. The summed E-state index contributed by atoms with van der Waals surface area (Å²) in [5, 5.41) is 38.1. The number of benzene rings is 2. The maximum absolute atomic E-state index is 13.9. The third-order valence-electron chi connectivity index (χ3n) is 8.03. The van der Waals surface area contributed by atoms with E-state index >= 15 is 0 Å². The predicted molar refractivity (Wildman–Crippen MR) is 166 cm³/mol. The first-order valence-corrected chi connectivity index (χ1v) is 15.5. The van der Waals surface area contributed by atoms with E-state index in [1.54, 1.807) is 19.6 Å². The summed E-state index contributed by atoms with van der Waals surface area (Å²) in [7, 11) is 0. The van der Waals surface area contributed by atoms with Crippen molar-refractivity contribution < 1.29 is 66.7 Å². The van der Waals surface area contributed by atoms with Gasteiger partial charge in [-0.05, 0) is 37.0 Å². The maximum Gasteiger partial charge on any atom is 0.343 e. The van der Waals surface area contributed by atoms with Gasteiger partial charge in [-0.15, -0.1) is 0 Å². The highest BCUT2D eigenvalue weighted by atomic mass is 19.2. The molecule has 0 spiro atoms. The summed E-state index contributed by atoms with van der Waals surface area (Å²) in [5.41, 5.74) is 0.518. The Morgan fingerprint density at radius 3 is 1.62 bits per heavy atom. The van der Waals surface area contributed by atoms with Crippen LogP contribution in [-0.2, 0) is 25.6 Å². The number of hydrogen-bond donors (Lipinski definition) is 4. The molecular weight excluding hydrogens is 676 g/mol. The van der Waals surface area contributed by atoms with E-state index in [1.165, 1.54) is 24.3 Å². The number of carbonyl (C=O) groups excluding carboxylic acids is 1. The second-order valence-electron chi connectivity index (χ2n) is 11.8. The minimum Gasteiger partial charge on any atom is -0.480 e. The van der Waals surface area contributed by atoms with Gasteiger partial charge in [-0.2, -0.15) is 8.78 Å². The molecule has 50 heavy (non-hydrogen) atoms. The van der Waals surface area contributed by atoms with Gasteiger partial charge in [0.15, 0.2) is 11.6 Å². The first-order valence-electron chi connectivity index (χ1n) is 15.5. The van der Waals surface area contributed by atoms with E-state index in [1.807, 2.05) is 0 Å². The smallest absolute Gasteiger partial charge is 0.343 e. The molecule has 1 heterocycles. The van der Waals surface area contributed by atoms with Crippen LogP contribution in [0, 0.1) is 23.3 Å². The van der Waals surface area contributed by atoms with Crippen LogP contribution in [0.1, 0.15) is 28.8 Å². The third kappa shape index (κ3) is 12.7. The predicted octanol–water partition coefficient (Wildman–Crippen LogP) is 1.71. The topological polar surface area (TPSA) is 188 Å². The lowest BCUT2D eigenvalue weighted by molar-refractivity contribution is -0.142. The molecule has 1 atom stereocenters. The molecule has 1 aliphatic heterocycles. The second-order valence-corrected chi connectivity index (χ2v) is 11.8. The zero-order valence-electron chi connectivity index (χ0n) is 26.9. The van der Waals surface area contributed by atoms with Crippen LogP contribution in [-0.4, -0.2) is 148 Å². The number of nitrogens with zero attached hydrogens (tertiary/aromatic N) is 4. The summed E-state index contributed by atoms with van der Waals surface area (Å²) in [6.07, 6.45) is 1.19. The standard InChI is InChI=1S/C32H38F4N4O10/c33-23-14-24(34)30(36)31(29(23)35)50-32(49)21-6-4-20(5-7-21)2-1-3-22-15-39(18-27(45)46)11-10-37(16-25(41)42)8-9-38(17-26(43)44)12-13-40(22)19-28(47)48/h4-7,14,22H,1-3,8-13,15-19H2,(H,41,42)(H,43,44)(H,45,46)(H,47,48). The van der Waals surface area contributed by atoms with Crippen molar-refractivity contribution >= 4 is 29.8 Å². The van der Waals surface area contributed by atoms with Gasteiger partial charge in [0.25, 0.3) is 0 Å². The zero-order chi connectivity index (χ0) is 37.0. The maximum atomic E-state index is 13.9. The molecule has 2 aromatic rings. The highest BCUT2D eigenvalue weighted by Crippen LogP contribution is 2.27. The quantitative estimate of drug-likeness (QED) is 0.0959. The normalized spacial score (nSPS) is 17.4. The van der Waals surface area contributed by atoms with Gasteiger partial charge < -0.3 is 25.2 Å². The van der Waals surface area contributed by atoms with E-state index in [2.05, 4.69) is 4.74 Å². The van der Waals surface area contributed by atoms with Crippen molar-refractivity contribution in [2.75, 3.05) is 72.0 Å². The third-order valence-corrected chi connectivity index (χ3v) is 8.03. The van der Waals surface area contributed by atoms with Crippen LogP contribution < -0.4 is 4.74 Å². The van der Waals surface area contributed by atoms with E-state index in [-0.39, 0.29) is 70.5 Å². The molecule has 274 valence electrons. The van der Waals surface area contributed by atoms with Gasteiger partial charge in [0.2, 0.25) is 17.4 Å². The lowest BCUT2D eigenvalue weighted by Gasteiger charge is -2.37. The summed E-state index contributed by atoms with van der Waals surface area (Å²) in [6.45, 7) is -0.458. The molecule has 0 amide bonds. The number of carboxylic acid groups (broad SMARTS) is 4. The molecule has 14 nitrogen and oxygen atoms in total. The van der Waals surface area contributed by atoms with Gasteiger partial charge >= 0.3 is 29.8 Å². The lowest BCUT2D eigenvalue weighted by atomic mass is 10.0. The number of aryl methyl sites for hydroxylation is 1. The van der Waals surface area contributed by atoms with Crippen molar-refractivity contribution in [1.82, 2.24) is 19.6 Å². The van der Waals surface area contributed by atoms with Crippen LogP contribution in [0.3, 0.4) is 0 Å². The highest BCUT2D eigenvalue weighted by Gasteiger charge is 2.27. The molecule has 4 N–H and O–H groups in total. The lowest BCUT2D eigenvalue weighted by Crippen LogP contribution is -2.53. The number of rotatable bonds is 14. The van der Waals surface area contributed by atoms with Gasteiger partial charge in [-0.25, -0.2) is 13.6 Å². The molecule has 3 rings (SSSR count). The van der Waals surface area contributed by atoms with Crippen molar-refractivity contribution in [2.24, 2.45) is 0 Å². The summed E-state index contributed by atoms with van der Waals surface area (Å²) in [5.74, 6) is -14.5. The Kier molecular flexibility index (Phi) is 15.1. The van der Waals surface area contributed by atoms with Gasteiger partial charge in [0.1, 0.15) is 0 Å². The van der Waals surface area contributed by atoms with Gasteiger partial charge in [0, 0.05) is 57.9 Å². The number of carboxylic acids is 4. The van der Waals surface area contributed by atoms with Crippen LogP contribution in [0.2, 0.25) is 0 Å². The van der Waals surface area contributed by atoms with E-state index in [0.717, 1.165) is 0 Å². The Hall–Kier alpha value is -4.65. The zero-order valence-corrected chi connectivity index (χ0v) is 26.9. The molecule has 0 saturated carbocycles. The molecule has 1 saturated heterocycles. The molecule has 1 unspecified atom stereocenters. The van der Waals surface area contributed by atoms with Gasteiger partial charge in [-0.3, -0.25) is 38.8 Å². The number of hydrogen-bond acceptors (Lipinski definition) is 10. The summed E-state index contributed by atoms with van der Waals surface area (Å²) < 4.78 is 59.5.